The monoisotopic (exact) mass is 546 g/mol. The summed E-state index contributed by atoms with van der Waals surface area (Å²) in [5, 5.41) is 11.7. The van der Waals surface area contributed by atoms with Gasteiger partial charge in [-0.1, -0.05) is 102 Å². The first-order valence-electron chi connectivity index (χ1n) is 13.5. The highest BCUT2D eigenvalue weighted by Crippen LogP contribution is 2.30. The van der Waals surface area contributed by atoms with E-state index in [4.69, 9.17) is 0 Å². The maximum atomic E-state index is 13.7. The predicted octanol–water partition coefficient (Wildman–Crippen LogP) is 4.14. The average molecular weight is 547 g/mol. The fourth-order valence-electron chi connectivity index (χ4n) is 4.12. The fourth-order valence-corrected chi connectivity index (χ4v) is 4.12. The second-order valence-corrected chi connectivity index (χ2v) is 10.7. The van der Waals surface area contributed by atoms with E-state index in [0.29, 0.717) is 11.1 Å². The van der Waals surface area contributed by atoms with Crippen molar-refractivity contribution in [1.29, 1.82) is 0 Å². The van der Waals surface area contributed by atoms with Crippen LogP contribution in [0.3, 0.4) is 0 Å². The highest BCUT2D eigenvalue weighted by atomic mass is 16.2. The Morgan fingerprint density at radius 3 is 1.10 bits per heavy atom. The zero-order valence-electron chi connectivity index (χ0n) is 24.3. The molecule has 4 atom stereocenters. The third kappa shape index (κ3) is 8.93. The molecule has 0 saturated heterocycles. The van der Waals surface area contributed by atoms with Crippen LogP contribution in [-0.2, 0) is 19.2 Å². The number of nitrogens with one attached hydrogen (secondary N) is 4. The van der Waals surface area contributed by atoms with Gasteiger partial charge in [-0.15, -0.1) is 0 Å². The molecule has 40 heavy (non-hydrogen) atoms. The highest BCUT2D eigenvalue weighted by molar-refractivity contribution is 5.97. The number of carbonyl (C=O) groups excluding carboxylic acids is 4. The summed E-state index contributed by atoms with van der Waals surface area (Å²) >= 11 is 0. The molecule has 2 rings (SSSR count). The van der Waals surface area contributed by atoms with Gasteiger partial charge in [0.05, 0.1) is 12.1 Å². The molecule has 214 valence electrons. The molecule has 4 amide bonds. The molecule has 0 aromatic heterocycles. The van der Waals surface area contributed by atoms with Crippen LogP contribution in [0.15, 0.2) is 85.0 Å². The Hall–Kier alpha value is -4.20. The van der Waals surface area contributed by atoms with Gasteiger partial charge < -0.3 is 21.3 Å². The summed E-state index contributed by atoms with van der Waals surface area (Å²) in [6.07, 6.45) is 0. The van der Waals surface area contributed by atoms with Crippen LogP contribution in [0.1, 0.15) is 64.8 Å². The first kappa shape index (κ1) is 32.0. The Kier molecular flexibility index (Phi) is 11.9. The molecule has 2 aromatic rings. The van der Waals surface area contributed by atoms with Crippen molar-refractivity contribution in [1.82, 2.24) is 21.3 Å². The van der Waals surface area contributed by atoms with Crippen molar-refractivity contribution < 1.29 is 19.2 Å². The second-order valence-electron chi connectivity index (χ2n) is 10.7. The lowest BCUT2D eigenvalue weighted by molar-refractivity contribution is -0.130. The minimum atomic E-state index is -0.833. The van der Waals surface area contributed by atoms with Crippen molar-refractivity contribution in [3.63, 3.8) is 0 Å². The summed E-state index contributed by atoms with van der Waals surface area (Å²) in [5.74, 6) is -2.05. The maximum Gasteiger partial charge on any atom is 0.246 e. The van der Waals surface area contributed by atoms with Gasteiger partial charge in [-0.3, -0.25) is 19.2 Å². The molecule has 0 fully saturated rings. The molecule has 0 aliphatic heterocycles. The first-order chi connectivity index (χ1) is 18.8. The van der Waals surface area contributed by atoms with E-state index in [9.17, 15) is 19.2 Å². The largest absolute Gasteiger partial charge is 0.345 e. The van der Waals surface area contributed by atoms with Crippen molar-refractivity contribution in [3.8, 4) is 0 Å². The minimum Gasteiger partial charge on any atom is -0.345 e. The number of hydrogen-bond acceptors (Lipinski definition) is 4. The molecular weight excluding hydrogens is 504 g/mol. The Labute approximate surface area is 237 Å². The molecule has 2 aromatic carbocycles. The van der Waals surface area contributed by atoms with Crippen molar-refractivity contribution in [2.75, 3.05) is 0 Å². The molecule has 0 heterocycles. The van der Waals surface area contributed by atoms with Gasteiger partial charge >= 0.3 is 0 Å². The molecule has 0 saturated carbocycles. The van der Waals surface area contributed by atoms with Crippen molar-refractivity contribution >= 4 is 23.6 Å². The third-order valence-electron chi connectivity index (χ3n) is 6.49. The van der Waals surface area contributed by atoms with Gasteiger partial charge in [0.2, 0.25) is 23.6 Å². The van der Waals surface area contributed by atoms with Gasteiger partial charge in [0, 0.05) is 11.1 Å². The normalized spacial score (nSPS) is 13.9. The second kappa shape index (κ2) is 14.8. The average Bonchev–Trinajstić information content (AvgIpc) is 2.92. The molecule has 0 aliphatic rings. The summed E-state index contributed by atoms with van der Waals surface area (Å²) in [6.45, 7) is 17.9. The van der Waals surface area contributed by atoms with E-state index in [2.05, 4.69) is 34.4 Å². The Bertz CT molecular complexity index is 1110. The maximum absolute atomic E-state index is 13.7. The Morgan fingerprint density at radius 1 is 0.550 bits per heavy atom. The summed E-state index contributed by atoms with van der Waals surface area (Å²) in [5.41, 5.74) is 2.10. The van der Waals surface area contributed by atoms with Crippen LogP contribution < -0.4 is 21.3 Å². The first-order valence-corrected chi connectivity index (χ1v) is 13.5. The number of carbonyl (C=O) groups is 4. The fraction of sp³-hybridized carbons (Fsp3) is 0.375. The smallest absolute Gasteiger partial charge is 0.246 e. The van der Waals surface area contributed by atoms with Gasteiger partial charge in [0.1, 0.15) is 12.1 Å². The molecule has 8 heteroatoms. The van der Waals surface area contributed by atoms with Crippen molar-refractivity contribution in [2.45, 2.75) is 65.7 Å². The zero-order valence-corrected chi connectivity index (χ0v) is 24.3. The highest BCUT2D eigenvalue weighted by Gasteiger charge is 2.34. The van der Waals surface area contributed by atoms with E-state index in [1.54, 1.807) is 13.8 Å². The van der Waals surface area contributed by atoms with Gasteiger partial charge in [-0.05, 0) is 36.8 Å². The molecule has 8 nitrogen and oxygen atoms in total. The summed E-state index contributed by atoms with van der Waals surface area (Å²) in [6, 6.07) is 15.5. The van der Waals surface area contributed by atoms with Crippen molar-refractivity contribution in [3.05, 3.63) is 96.1 Å². The summed E-state index contributed by atoms with van der Waals surface area (Å²) < 4.78 is 0. The number of benzene rings is 2. The standard InChI is InChI=1S/C32H42N4O4/c1-19(2)25(33-29(37)21(5)6)31(39)35-27(23-15-11-9-12-16-23)28(24-17-13-10-14-18-24)36-32(40)26(20(3)4)34-30(38)22(7)8/h9-20,25-28H,5,7H2,1-4,6,8H3,(H,33,37)(H,34,38)(H,35,39)(H,36,40)/t25-,26-,27-,28-/m0/s1. The zero-order chi connectivity index (χ0) is 30.0. The van der Waals surface area contributed by atoms with E-state index >= 15 is 0 Å². The number of amides is 4. The quantitative estimate of drug-likeness (QED) is 0.283. The van der Waals surface area contributed by atoms with E-state index in [0.717, 1.165) is 11.1 Å². The molecule has 0 bridgehead atoms. The van der Waals surface area contributed by atoms with Crippen LogP contribution in [0, 0.1) is 11.8 Å². The van der Waals surface area contributed by atoms with Gasteiger partial charge in [0.25, 0.3) is 0 Å². The van der Waals surface area contributed by atoms with Crippen LogP contribution in [-0.4, -0.2) is 35.7 Å². The molecule has 0 aliphatic carbocycles. The number of hydrogen-bond donors (Lipinski definition) is 4. The van der Waals surface area contributed by atoms with Crippen LogP contribution in [0.2, 0.25) is 0 Å². The lowest BCUT2D eigenvalue weighted by Gasteiger charge is -2.33. The molecule has 0 radical (unpaired) electrons. The van der Waals surface area contributed by atoms with E-state index in [1.807, 2.05) is 88.4 Å². The van der Waals surface area contributed by atoms with Gasteiger partial charge in [-0.2, -0.15) is 0 Å². The molecule has 0 spiro atoms. The third-order valence-corrected chi connectivity index (χ3v) is 6.49. The van der Waals surface area contributed by atoms with Crippen LogP contribution in [0.5, 0.6) is 0 Å². The Balaban J connectivity index is 2.54. The SMILES string of the molecule is C=C(C)C(=O)N[C@H](C(=O)N[C@@H](c1ccccc1)[C@@H](NC(=O)[C@@H](NC(=O)C(=C)C)C(C)C)c1ccccc1)C(C)C. The predicted molar refractivity (Wildman–Crippen MR) is 158 cm³/mol. The minimum absolute atomic E-state index is 0.216. The lowest BCUT2D eigenvalue weighted by atomic mass is 9.91. The Morgan fingerprint density at radius 2 is 0.850 bits per heavy atom. The van der Waals surface area contributed by atoms with E-state index in [-0.39, 0.29) is 11.8 Å². The topological polar surface area (TPSA) is 116 Å². The van der Waals surface area contributed by atoms with Crippen LogP contribution in [0.4, 0.5) is 0 Å². The van der Waals surface area contributed by atoms with E-state index < -0.39 is 47.8 Å². The molecule has 0 unspecified atom stereocenters. The summed E-state index contributed by atoms with van der Waals surface area (Å²) in [7, 11) is 0. The van der Waals surface area contributed by atoms with E-state index in [1.165, 1.54) is 0 Å². The van der Waals surface area contributed by atoms with Crippen LogP contribution in [0.25, 0.3) is 0 Å². The van der Waals surface area contributed by atoms with Gasteiger partial charge in [0.15, 0.2) is 0 Å². The van der Waals surface area contributed by atoms with Crippen molar-refractivity contribution in [2.24, 2.45) is 11.8 Å². The van der Waals surface area contributed by atoms with Gasteiger partial charge in [-0.25, -0.2) is 0 Å². The molecule has 4 N–H and O–H groups in total. The lowest BCUT2D eigenvalue weighted by Crippen LogP contribution is -2.54. The van der Waals surface area contributed by atoms with Crippen LogP contribution >= 0.6 is 0 Å². The number of rotatable bonds is 13. The summed E-state index contributed by atoms with van der Waals surface area (Å²) in [4.78, 5) is 52.2. The molecular formula is C32H42N4O4.